The Morgan fingerprint density at radius 3 is 2.37 bits per heavy atom. The standard InChI is InChI=1S/C21H28N2O3S/c1-5-18-13-9-10-16(2)21(18)22-20(24)14-15-23(27(4,25)26)17(3)19-11-7-6-8-12-19/h6-13,17H,5,14-15H2,1-4H3,(H,22,24). The van der Waals surface area contributed by atoms with Crippen molar-refractivity contribution in [2.45, 2.75) is 39.7 Å². The normalized spacial score (nSPS) is 12.8. The molecule has 5 nitrogen and oxygen atoms in total. The Bertz CT molecular complexity index is 880. The molecule has 2 rings (SSSR count). The van der Waals surface area contributed by atoms with Gasteiger partial charge >= 0.3 is 0 Å². The molecule has 0 saturated carbocycles. The first kappa shape index (κ1) is 21.1. The van der Waals surface area contributed by atoms with E-state index < -0.39 is 10.0 Å². The molecule has 0 fully saturated rings. The van der Waals surface area contributed by atoms with Gasteiger partial charge < -0.3 is 5.32 Å². The van der Waals surface area contributed by atoms with Crippen LogP contribution in [0.25, 0.3) is 0 Å². The highest BCUT2D eigenvalue weighted by Crippen LogP contribution is 2.24. The van der Waals surface area contributed by atoms with Crippen LogP contribution in [-0.4, -0.2) is 31.4 Å². The number of rotatable bonds is 8. The van der Waals surface area contributed by atoms with Crippen molar-refractivity contribution in [2.75, 3.05) is 18.1 Å². The fourth-order valence-electron chi connectivity index (χ4n) is 3.16. The third-order valence-electron chi connectivity index (χ3n) is 4.70. The third kappa shape index (κ3) is 5.65. The minimum absolute atomic E-state index is 0.0989. The number of hydrogen-bond acceptors (Lipinski definition) is 3. The molecule has 0 aliphatic heterocycles. The average molecular weight is 389 g/mol. The van der Waals surface area contributed by atoms with Gasteiger partial charge in [-0.25, -0.2) is 8.42 Å². The summed E-state index contributed by atoms with van der Waals surface area (Å²) in [5, 5.41) is 2.95. The van der Waals surface area contributed by atoms with Crippen LogP contribution in [0.15, 0.2) is 48.5 Å². The Balaban J connectivity index is 2.11. The molecule has 0 heterocycles. The second kappa shape index (κ2) is 9.15. The van der Waals surface area contributed by atoms with Crippen molar-refractivity contribution in [3.05, 3.63) is 65.2 Å². The van der Waals surface area contributed by atoms with E-state index in [1.165, 1.54) is 10.6 Å². The smallest absolute Gasteiger partial charge is 0.225 e. The molecule has 0 saturated heterocycles. The topological polar surface area (TPSA) is 66.5 Å². The summed E-state index contributed by atoms with van der Waals surface area (Å²) in [5.41, 5.74) is 3.80. The highest BCUT2D eigenvalue weighted by Gasteiger charge is 2.25. The number of sulfonamides is 1. The summed E-state index contributed by atoms with van der Waals surface area (Å²) in [7, 11) is -3.45. The molecule has 0 aromatic heterocycles. The fourth-order valence-corrected chi connectivity index (χ4v) is 4.28. The number of para-hydroxylation sites is 1. The molecule has 0 aliphatic rings. The number of benzene rings is 2. The summed E-state index contributed by atoms with van der Waals surface area (Å²) in [6, 6.07) is 15.0. The molecule has 0 radical (unpaired) electrons. The van der Waals surface area contributed by atoms with Gasteiger partial charge in [0, 0.05) is 24.7 Å². The number of aryl methyl sites for hydroxylation is 2. The van der Waals surface area contributed by atoms with E-state index in [-0.39, 0.29) is 24.9 Å². The van der Waals surface area contributed by atoms with Gasteiger partial charge in [-0.3, -0.25) is 4.79 Å². The summed E-state index contributed by atoms with van der Waals surface area (Å²) >= 11 is 0. The van der Waals surface area contributed by atoms with Gasteiger partial charge in [-0.05, 0) is 37.0 Å². The van der Waals surface area contributed by atoms with Crippen molar-refractivity contribution >= 4 is 21.6 Å². The van der Waals surface area contributed by atoms with Crippen LogP contribution in [0.2, 0.25) is 0 Å². The SMILES string of the molecule is CCc1cccc(C)c1NC(=O)CCN(C(C)c1ccccc1)S(C)(=O)=O. The zero-order valence-electron chi connectivity index (χ0n) is 16.4. The van der Waals surface area contributed by atoms with E-state index in [9.17, 15) is 13.2 Å². The highest BCUT2D eigenvalue weighted by atomic mass is 32.2. The number of nitrogens with one attached hydrogen (secondary N) is 1. The first-order chi connectivity index (χ1) is 12.7. The lowest BCUT2D eigenvalue weighted by molar-refractivity contribution is -0.116. The number of amides is 1. The van der Waals surface area contributed by atoms with Gasteiger partial charge in [0.15, 0.2) is 0 Å². The van der Waals surface area contributed by atoms with E-state index in [0.29, 0.717) is 0 Å². The molecule has 1 amide bonds. The summed E-state index contributed by atoms with van der Waals surface area (Å²) in [4.78, 5) is 12.5. The molecule has 0 aliphatic carbocycles. The van der Waals surface area contributed by atoms with Crippen LogP contribution in [0.5, 0.6) is 0 Å². The molecule has 2 aromatic rings. The van der Waals surface area contributed by atoms with E-state index in [1.54, 1.807) is 0 Å². The fraction of sp³-hybridized carbons (Fsp3) is 0.381. The van der Waals surface area contributed by atoms with Gasteiger partial charge in [0.1, 0.15) is 0 Å². The van der Waals surface area contributed by atoms with E-state index in [0.717, 1.165) is 28.8 Å². The van der Waals surface area contributed by atoms with Gasteiger partial charge in [0.25, 0.3) is 0 Å². The maximum absolute atomic E-state index is 12.5. The lowest BCUT2D eigenvalue weighted by Gasteiger charge is -2.27. The summed E-state index contributed by atoms with van der Waals surface area (Å²) in [5.74, 6) is -0.187. The van der Waals surface area contributed by atoms with Crippen molar-refractivity contribution in [3.8, 4) is 0 Å². The molecule has 1 unspecified atom stereocenters. The second-order valence-electron chi connectivity index (χ2n) is 6.72. The monoisotopic (exact) mass is 388 g/mol. The molecule has 6 heteroatoms. The predicted octanol–water partition coefficient (Wildman–Crippen LogP) is 3.91. The molecule has 1 N–H and O–H groups in total. The van der Waals surface area contributed by atoms with Gasteiger partial charge in [-0.2, -0.15) is 4.31 Å². The molecule has 1 atom stereocenters. The number of hydrogen-bond donors (Lipinski definition) is 1. The predicted molar refractivity (Wildman–Crippen MR) is 110 cm³/mol. The number of anilines is 1. The first-order valence-corrected chi connectivity index (χ1v) is 11.0. The molecule has 2 aromatic carbocycles. The Labute approximate surface area is 162 Å². The van der Waals surface area contributed by atoms with Crippen molar-refractivity contribution < 1.29 is 13.2 Å². The van der Waals surface area contributed by atoms with Gasteiger partial charge in [-0.15, -0.1) is 0 Å². The first-order valence-electron chi connectivity index (χ1n) is 9.14. The lowest BCUT2D eigenvalue weighted by atomic mass is 10.1. The summed E-state index contributed by atoms with van der Waals surface area (Å²) in [6.07, 6.45) is 2.10. The van der Waals surface area contributed by atoms with Crippen LogP contribution in [0.4, 0.5) is 5.69 Å². The van der Waals surface area contributed by atoms with Crippen LogP contribution in [-0.2, 0) is 21.2 Å². The van der Waals surface area contributed by atoms with Crippen molar-refractivity contribution in [3.63, 3.8) is 0 Å². The molecular weight excluding hydrogens is 360 g/mol. The Kier molecular flexibility index (Phi) is 7.16. The minimum Gasteiger partial charge on any atom is -0.326 e. The molecule has 0 spiro atoms. The van der Waals surface area contributed by atoms with E-state index in [2.05, 4.69) is 5.32 Å². The minimum atomic E-state index is -3.45. The van der Waals surface area contributed by atoms with Gasteiger partial charge in [-0.1, -0.05) is 55.5 Å². The van der Waals surface area contributed by atoms with Gasteiger partial charge in [0.05, 0.1) is 6.26 Å². The Hall–Kier alpha value is -2.18. The lowest BCUT2D eigenvalue weighted by Crippen LogP contribution is -2.35. The van der Waals surface area contributed by atoms with Crippen molar-refractivity contribution in [2.24, 2.45) is 0 Å². The Morgan fingerprint density at radius 2 is 1.78 bits per heavy atom. The van der Waals surface area contributed by atoms with Crippen LogP contribution in [0, 0.1) is 6.92 Å². The zero-order valence-corrected chi connectivity index (χ0v) is 17.2. The van der Waals surface area contributed by atoms with E-state index in [4.69, 9.17) is 0 Å². The van der Waals surface area contributed by atoms with E-state index >= 15 is 0 Å². The van der Waals surface area contributed by atoms with Crippen molar-refractivity contribution in [1.82, 2.24) is 4.31 Å². The highest BCUT2D eigenvalue weighted by molar-refractivity contribution is 7.88. The third-order valence-corrected chi connectivity index (χ3v) is 6.05. The number of carbonyl (C=O) groups excluding carboxylic acids is 1. The van der Waals surface area contributed by atoms with Crippen LogP contribution in [0.3, 0.4) is 0 Å². The van der Waals surface area contributed by atoms with Gasteiger partial charge in [0.2, 0.25) is 15.9 Å². The van der Waals surface area contributed by atoms with Crippen LogP contribution in [0.1, 0.15) is 43.0 Å². The van der Waals surface area contributed by atoms with Crippen LogP contribution >= 0.6 is 0 Å². The average Bonchev–Trinajstić information content (AvgIpc) is 2.63. The van der Waals surface area contributed by atoms with E-state index in [1.807, 2.05) is 69.3 Å². The quantitative estimate of drug-likeness (QED) is 0.746. The maximum atomic E-state index is 12.5. The number of carbonyl (C=O) groups is 1. The zero-order chi connectivity index (χ0) is 20.0. The maximum Gasteiger partial charge on any atom is 0.225 e. The summed E-state index contributed by atoms with van der Waals surface area (Å²) in [6.45, 7) is 5.96. The molecule has 0 bridgehead atoms. The second-order valence-corrected chi connectivity index (χ2v) is 8.66. The number of nitrogens with zero attached hydrogens (tertiary/aromatic N) is 1. The largest absolute Gasteiger partial charge is 0.326 e. The van der Waals surface area contributed by atoms with Crippen molar-refractivity contribution in [1.29, 1.82) is 0 Å². The molecule has 146 valence electrons. The molecular formula is C21H28N2O3S. The Morgan fingerprint density at radius 1 is 1.11 bits per heavy atom. The summed E-state index contributed by atoms with van der Waals surface area (Å²) < 4.78 is 25.9. The molecule has 27 heavy (non-hydrogen) atoms. The van der Waals surface area contributed by atoms with Crippen LogP contribution < -0.4 is 5.32 Å².